The molecule has 0 radical (unpaired) electrons. The number of rotatable bonds is 5. The zero-order valence-electron chi connectivity index (χ0n) is 13.9. The van der Waals surface area contributed by atoms with E-state index in [9.17, 15) is 0 Å². The van der Waals surface area contributed by atoms with Crippen LogP contribution in [0, 0.1) is 0 Å². The van der Waals surface area contributed by atoms with Crippen molar-refractivity contribution in [3.8, 4) is 5.75 Å². The van der Waals surface area contributed by atoms with E-state index in [0.29, 0.717) is 18.1 Å². The van der Waals surface area contributed by atoms with Crippen molar-refractivity contribution in [3.63, 3.8) is 0 Å². The summed E-state index contributed by atoms with van der Waals surface area (Å²) >= 11 is 0. The largest absolute Gasteiger partial charge is 0.497 e. The molecule has 21 heavy (non-hydrogen) atoms. The third kappa shape index (κ3) is 4.72. The molecule has 3 nitrogen and oxygen atoms in total. The lowest BCUT2D eigenvalue weighted by molar-refractivity contribution is 0.228. The minimum Gasteiger partial charge on any atom is -0.497 e. The van der Waals surface area contributed by atoms with Crippen molar-refractivity contribution in [2.75, 3.05) is 20.2 Å². The van der Waals surface area contributed by atoms with Gasteiger partial charge in [-0.3, -0.25) is 0 Å². The summed E-state index contributed by atoms with van der Waals surface area (Å²) in [5.74, 6) is 0.938. The van der Waals surface area contributed by atoms with Crippen molar-refractivity contribution in [2.45, 2.75) is 58.2 Å². The number of nitrogens with one attached hydrogen (secondary N) is 1. The lowest BCUT2D eigenvalue weighted by Crippen LogP contribution is -2.34. The van der Waals surface area contributed by atoms with Crippen LogP contribution in [0.15, 0.2) is 24.3 Å². The third-order valence-electron chi connectivity index (χ3n) is 4.57. The molecule has 0 aliphatic carbocycles. The Kier molecular flexibility index (Phi) is 6.07. The van der Waals surface area contributed by atoms with Crippen LogP contribution in [0.25, 0.3) is 0 Å². The van der Waals surface area contributed by atoms with E-state index in [0.717, 1.165) is 5.75 Å². The SMILES string of the molecule is COc1cccc(C(C)NC2CCCN(C(C)C)CC2)c1. The van der Waals surface area contributed by atoms with Gasteiger partial charge in [-0.2, -0.15) is 0 Å². The van der Waals surface area contributed by atoms with Gasteiger partial charge in [0.15, 0.2) is 0 Å². The summed E-state index contributed by atoms with van der Waals surface area (Å²) in [5.41, 5.74) is 1.30. The average Bonchev–Trinajstić information content (AvgIpc) is 2.73. The fraction of sp³-hybridized carbons (Fsp3) is 0.667. The topological polar surface area (TPSA) is 24.5 Å². The number of methoxy groups -OCH3 is 1. The number of ether oxygens (including phenoxy) is 1. The van der Waals surface area contributed by atoms with Gasteiger partial charge in [0.05, 0.1) is 7.11 Å². The lowest BCUT2D eigenvalue weighted by Gasteiger charge is -2.25. The first-order valence-electron chi connectivity index (χ1n) is 8.24. The van der Waals surface area contributed by atoms with Crippen molar-refractivity contribution < 1.29 is 4.74 Å². The smallest absolute Gasteiger partial charge is 0.119 e. The van der Waals surface area contributed by atoms with Gasteiger partial charge < -0.3 is 15.0 Å². The summed E-state index contributed by atoms with van der Waals surface area (Å²) in [6.45, 7) is 9.29. The second-order valence-corrected chi connectivity index (χ2v) is 6.42. The lowest BCUT2D eigenvalue weighted by atomic mass is 10.0. The molecule has 0 aromatic heterocycles. The summed E-state index contributed by atoms with van der Waals surface area (Å²) in [7, 11) is 1.73. The number of nitrogens with zero attached hydrogens (tertiary/aromatic N) is 1. The molecule has 0 bridgehead atoms. The van der Waals surface area contributed by atoms with Crippen LogP contribution < -0.4 is 10.1 Å². The quantitative estimate of drug-likeness (QED) is 0.896. The molecule has 1 aromatic rings. The van der Waals surface area contributed by atoms with Gasteiger partial charge in [-0.05, 0) is 70.8 Å². The molecular formula is C18H30N2O. The molecule has 1 fully saturated rings. The molecule has 1 aliphatic heterocycles. The van der Waals surface area contributed by atoms with Gasteiger partial charge in [-0.25, -0.2) is 0 Å². The van der Waals surface area contributed by atoms with Gasteiger partial charge in [0, 0.05) is 18.1 Å². The summed E-state index contributed by atoms with van der Waals surface area (Å²) in [5, 5.41) is 3.80. The highest BCUT2D eigenvalue weighted by molar-refractivity contribution is 5.30. The Hall–Kier alpha value is -1.06. The van der Waals surface area contributed by atoms with Crippen molar-refractivity contribution in [3.05, 3.63) is 29.8 Å². The molecule has 1 aromatic carbocycles. The van der Waals surface area contributed by atoms with E-state index in [1.54, 1.807) is 7.11 Å². The number of hydrogen-bond acceptors (Lipinski definition) is 3. The molecule has 1 N–H and O–H groups in total. The molecule has 2 unspecified atom stereocenters. The van der Waals surface area contributed by atoms with Gasteiger partial charge in [-0.15, -0.1) is 0 Å². The number of hydrogen-bond donors (Lipinski definition) is 1. The Morgan fingerprint density at radius 1 is 1.19 bits per heavy atom. The summed E-state index contributed by atoms with van der Waals surface area (Å²) in [6, 6.07) is 10.0. The van der Waals surface area contributed by atoms with Crippen LogP contribution in [0.3, 0.4) is 0 Å². The monoisotopic (exact) mass is 290 g/mol. The van der Waals surface area contributed by atoms with Gasteiger partial charge in [0.2, 0.25) is 0 Å². The van der Waals surface area contributed by atoms with Crippen LogP contribution in [0.5, 0.6) is 5.75 Å². The van der Waals surface area contributed by atoms with Crippen LogP contribution in [0.2, 0.25) is 0 Å². The molecule has 0 saturated carbocycles. The highest BCUT2D eigenvalue weighted by Gasteiger charge is 2.20. The van der Waals surface area contributed by atoms with E-state index in [1.807, 2.05) is 6.07 Å². The summed E-state index contributed by atoms with van der Waals surface area (Å²) in [4.78, 5) is 2.60. The molecule has 1 heterocycles. The minimum absolute atomic E-state index is 0.371. The fourth-order valence-electron chi connectivity index (χ4n) is 3.16. The molecule has 0 spiro atoms. The van der Waals surface area contributed by atoms with E-state index in [2.05, 4.69) is 49.2 Å². The van der Waals surface area contributed by atoms with E-state index in [-0.39, 0.29) is 0 Å². The Bertz CT molecular complexity index is 433. The molecule has 3 heteroatoms. The van der Waals surface area contributed by atoms with E-state index >= 15 is 0 Å². The van der Waals surface area contributed by atoms with Crippen LogP contribution in [0.1, 0.15) is 51.6 Å². The standard InChI is InChI=1S/C18H30N2O/c1-14(2)20-11-6-8-17(10-12-20)19-15(3)16-7-5-9-18(13-16)21-4/h5,7,9,13-15,17,19H,6,8,10-12H2,1-4H3. The first-order valence-corrected chi connectivity index (χ1v) is 8.24. The number of benzene rings is 1. The van der Waals surface area contributed by atoms with Crippen molar-refractivity contribution in [1.82, 2.24) is 10.2 Å². The van der Waals surface area contributed by atoms with Crippen molar-refractivity contribution in [2.24, 2.45) is 0 Å². The Labute approximate surface area is 129 Å². The molecular weight excluding hydrogens is 260 g/mol. The minimum atomic E-state index is 0.371. The van der Waals surface area contributed by atoms with Crippen LogP contribution >= 0.6 is 0 Å². The maximum Gasteiger partial charge on any atom is 0.119 e. The zero-order valence-corrected chi connectivity index (χ0v) is 13.9. The highest BCUT2D eigenvalue weighted by atomic mass is 16.5. The van der Waals surface area contributed by atoms with Crippen LogP contribution in [-0.2, 0) is 0 Å². The Morgan fingerprint density at radius 3 is 2.71 bits per heavy atom. The average molecular weight is 290 g/mol. The molecule has 1 saturated heterocycles. The van der Waals surface area contributed by atoms with Crippen molar-refractivity contribution >= 4 is 0 Å². The van der Waals surface area contributed by atoms with Gasteiger partial charge in [-0.1, -0.05) is 12.1 Å². The number of likely N-dealkylation sites (tertiary alicyclic amines) is 1. The Balaban J connectivity index is 1.91. The summed E-state index contributed by atoms with van der Waals surface area (Å²) in [6.07, 6.45) is 3.81. The van der Waals surface area contributed by atoms with Crippen molar-refractivity contribution in [1.29, 1.82) is 0 Å². The maximum atomic E-state index is 5.32. The molecule has 2 atom stereocenters. The highest BCUT2D eigenvalue weighted by Crippen LogP contribution is 2.21. The predicted molar refractivity (Wildman–Crippen MR) is 88.9 cm³/mol. The van der Waals surface area contributed by atoms with E-state index in [4.69, 9.17) is 4.74 Å². The molecule has 2 rings (SSSR count). The van der Waals surface area contributed by atoms with Gasteiger partial charge in [0.1, 0.15) is 5.75 Å². The predicted octanol–water partition coefficient (Wildman–Crippen LogP) is 3.61. The first-order chi connectivity index (χ1) is 10.1. The maximum absolute atomic E-state index is 5.32. The zero-order chi connectivity index (χ0) is 15.2. The van der Waals surface area contributed by atoms with Crippen LogP contribution in [-0.4, -0.2) is 37.2 Å². The second-order valence-electron chi connectivity index (χ2n) is 6.42. The molecule has 1 aliphatic rings. The van der Waals surface area contributed by atoms with Gasteiger partial charge >= 0.3 is 0 Å². The van der Waals surface area contributed by atoms with Gasteiger partial charge in [0.25, 0.3) is 0 Å². The second kappa shape index (κ2) is 7.81. The normalized spacial score (nSPS) is 22.0. The van der Waals surface area contributed by atoms with E-state index < -0.39 is 0 Å². The first kappa shape index (κ1) is 16.3. The van der Waals surface area contributed by atoms with E-state index in [1.165, 1.54) is 37.9 Å². The Morgan fingerprint density at radius 2 is 2.00 bits per heavy atom. The molecule has 0 amide bonds. The fourth-order valence-corrected chi connectivity index (χ4v) is 3.16. The molecule has 118 valence electrons. The summed E-state index contributed by atoms with van der Waals surface area (Å²) < 4.78 is 5.32. The van der Waals surface area contributed by atoms with Crippen LogP contribution in [0.4, 0.5) is 0 Å². The third-order valence-corrected chi connectivity index (χ3v) is 4.57.